The van der Waals surface area contributed by atoms with Crippen LogP contribution in [0.1, 0.15) is 42.4 Å². The molecule has 98 valence electrons. The van der Waals surface area contributed by atoms with Crippen molar-refractivity contribution in [2.24, 2.45) is 5.92 Å². The minimum Gasteiger partial charge on any atom is -0.384 e. The average molecular weight is 245 g/mol. The molecule has 1 N–H and O–H groups in total. The molecule has 0 atom stereocenters. The van der Waals surface area contributed by atoms with E-state index in [2.05, 4.69) is 38.2 Å². The van der Waals surface area contributed by atoms with E-state index in [0.29, 0.717) is 11.7 Å². The third-order valence-electron chi connectivity index (χ3n) is 3.91. The Labute approximate surface area is 110 Å². The first kappa shape index (κ1) is 13.1. The summed E-state index contributed by atoms with van der Waals surface area (Å²) in [5.74, 6) is 1.09. The summed E-state index contributed by atoms with van der Waals surface area (Å²) in [5, 5.41) is 3.58. The van der Waals surface area contributed by atoms with E-state index >= 15 is 0 Å². The first-order valence-corrected chi connectivity index (χ1v) is 6.89. The van der Waals surface area contributed by atoms with Crippen molar-refractivity contribution in [2.75, 3.05) is 11.9 Å². The van der Waals surface area contributed by atoms with Crippen LogP contribution in [0.15, 0.2) is 12.1 Å². The summed E-state index contributed by atoms with van der Waals surface area (Å²) in [5.41, 5.74) is 5.23. The van der Waals surface area contributed by atoms with Gasteiger partial charge in [-0.3, -0.25) is 4.79 Å². The van der Waals surface area contributed by atoms with Crippen LogP contribution < -0.4 is 5.32 Å². The highest BCUT2D eigenvalue weighted by Crippen LogP contribution is 2.25. The van der Waals surface area contributed by atoms with Crippen LogP contribution in [-0.2, 0) is 4.79 Å². The summed E-state index contributed by atoms with van der Waals surface area (Å²) in [6.45, 7) is 7.45. The van der Waals surface area contributed by atoms with Gasteiger partial charge in [-0.25, -0.2) is 0 Å². The summed E-state index contributed by atoms with van der Waals surface area (Å²) in [7, 11) is 0. The Morgan fingerprint density at radius 3 is 2.22 bits per heavy atom. The van der Waals surface area contributed by atoms with Crippen molar-refractivity contribution in [3.63, 3.8) is 0 Å². The molecule has 0 radical (unpaired) electrons. The molecular formula is C16H23NO. The van der Waals surface area contributed by atoms with Gasteiger partial charge in [-0.05, 0) is 50.7 Å². The monoisotopic (exact) mass is 245 g/mol. The Bertz CT molecular complexity index is 417. The fourth-order valence-corrected chi connectivity index (χ4v) is 2.91. The van der Waals surface area contributed by atoms with Crippen LogP contribution in [-0.4, -0.2) is 12.3 Å². The van der Waals surface area contributed by atoms with Crippen LogP contribution in [0.4, 0.5) is 5.69 Å². The molecule has 2 rings (SSSR count). The van der Waals surface area contributed by atoms with E-state index in [9.17, 15) is 4.79 Å². The minimum atomic E-state index is 0.439. The normalized spacial score (nSPS) is 16.9. The van der Waals surface area contributed by atoms with E-state index in [1.54, 1.807) is 0 Å². The maximum absolute atomic E-state index is 11.2. The Morgan fingerprint density at radius 2 is 1.67 bits per heavy atom. The molecule has 1 saturated carbocycles. The molecule has 0 unspecified atom stereocenters. The molecule has 1 aliphatic rings. The third kappa shape index (κ3) is 3.12. The SMILES string of the molecule is Cc1cc(C)c(NCC2CCC(=O)CC2)c(C)c1. The summed E-state index contributed by atoms with van der Waals surface area (Å²) >= 11 is 0. The van der Waals surface area contributed by atoms with E-state index in [0.717, 1.165) is 32.2 Å². The lowest BCUT2D eigenvalue weighted by molar-refractivity contribution is -0.120. The Morgan fingerprint density at radius 1 is 1.11 bits per heavy atom. The molecule has 1 aromatic carbocycles. The van der Waals surface area contributed by atoms with Gasteiger partial charge >= 0.3 is 0 Å². The standard InChI is InChI=1S/C16H23NO/c1-11-8-12(2)16(13(3)9-11)17-10-14-4-6-15(18)7-5-14/h8-9,14,17H,4-7,10H2,1-3H3. The number of benzene rings is 1. The fraction of sp³-hybridized carbons (Fsp3) is 0.562. The van der Waals surface area contributed by atoms with Crippen molar-refractivity contribution in [2.45, 2.75) is 46.5 Å². The molecule has 0 bridgehead atoms. The van der Waals surface area contributed by atoms with E-state index in [1.807, 2.05) is 0 Å². The highest BCUT2D eigenvalue weighted by atomic mass is 16.1. The molecule has 1 aliphatic carbocycles. The molecule has 18 heavy (non-hydrogen) atoms. The number of carbonyl (C=O) groups is 1. The molecule has 2 nitrogen and oxygen atoms in total. The van der Waals surface area contributed by atoms with Crippen molar-refractivity contribution in [3.05, 3.63) is 28.8 Å². The maximum atomic E-state index is 11.2. The predicted molar refractivity (Wildman–Crippen MR) is 76.1 cm³/mol. The van der Waals surface area contributed by atoms with E-state index < -0.39 is 0 Å². The highest BCUT2D eigenvalue weighted by molar-refractivity contribution is 5.79. The number of carbonyl (C=O) groups excluding carboxylic acids is 1. The molecule has 1 aromatic rings. The van der Waals surface area contributed by atoms with Crippen molar-refractivity contribution in [3.8, 4) is 0 Å². The molecule has 0 spiro atoms. The van der Waals surface area contributed by atoms with Gasteiger partial charge in [0.25, 0.3) is 0 Å². The lowest BCUT2D eigenvalue weighted by Gasteiger charge is -2.23. The number of nitrogens with one attached hydrogen (secondary N) is 1. The zero-order valence-corrected chi connectivity index (χ0v) is 11.7. The third-order valence-corrected chi connectivity index (χ3v) is 3.91. The van der Waals surface area contributed by atoms with Gasteiger partial charge in [0.1, 0.15) is 5.78 Å². The fourth-order valence-electron chi connectivity index (χ4n) is 2.91. The summed E-state index contributed by atoms with van der Waals surface area (Å²) < 4.78 is 0. The summed E-state index contributed by atoms with van der Waals surface area (Å²) in [6, 6.07) is 4.44. The first-order chi connectivity index (χ1) is 8.56. The molecule has 1 fully saturated rings. The lowest BCUT2D eigenvalue weighted by Crippen LogP contribution is -2.21. The zero-order chi connectivity index (χ0) is 13.1. The summed E-state index contributed by atoms with van der Waals surface area (Å²) in [4.78, 5) is 11.2. The Kier molecular flexibility index (Phi) is 4.05. The van der Waals surface area contributed by atoms with Gasteiger partial charge in [0.15, 0.2) is 0 Å². The second-order valence-electron chi connectivity index (χ2n) is 5.64. The molecular weight excluding hydrogens is 222 g/mol. The van der Waals surface area contributed by atoms with Gasteiger partial charge in [-0.1, -0.05) is 17.7 Å². The van der Waals surface area contributed by atoms with Crippen molar-refractivity contribution < 1.29 is 4.79 Å². The van der Waals surface area contributed by atoms with Crippen LogP contribution >= 0.6 is 0 Å². The quantitative estimate of drug-likeness (QED) is 0.878. The van der Waals surface area contributed by atoms with Gasteiger partial charge in [0.2, 0.25) is 0 Å². The Hall–Kier alpha value is -1.31. The largest absolute Gasteiger partial charge is 0.384 e. The van der Waals surface area contributed by atoms with E-state index in [-0.39, 0.29) is 0 Å². The average Bonchev–Trinajstić information content (AvgIpc) is 2.30. The van der Waals surface area contributed by atoms with Gasteiger partial charge in [0.05, 0.1) is 0 Å². The van der Waals surface area contributed by atoms with Crippen molar-refractivity contribution >= 4 is 11.5 Å². The maximum Gasteiger partial charge on any atom is 0.132 e. The number of hydrogen-bond donors (Lipinski definition) is 1. The smallest absolute Gasteiger partial charge is 0.132 e. The number of rotatable bonds is 3. The minimum absolute atomic E-state index is 0.439. The molecule has 0 aliphatic heterocycles. The Balaban J connectivity index is 1.96. The molecule has 0 aromatic heterocycles. The molecule has 0 heterocycles. The number of hydrogen-bond acceptors (Lipinski definition) is 2. The van der Waals surface area contributed by atoms with Crippen LogP contribution in [0.25, 0.3) is 0 Å². The van der Waals surface area contributed by atoms with Crippen LogP contribution in [0, 0.1) is 26.7 Å². The topological polar surface area (TPSA) is 29.1 Å². The highest BCUT2D eigenvalue weighted by Gasteiger charge is 2.18. The zero-order valence-electron chi connectivity index (χ0n) is 11.7. The number of ketones is 1. The van der Waals surface area contributed by atoms with E-state index in [4.69, 9.17) is 0 Å². The second kappa shape index (κ2) is 5.55. The van der Waals surface area contributed by atoms with Gasteiger partial charge in [-0.2, -0.15) is 0 Å². The molecule has 2 heteroatoms. The number of aryl methyl sites for hydroxylation is 3. The van der Waals surface area contributed by atoms with Crippen LogP contribution in [0.2, 0.25) is 0 Å². The molecule has 0 saturated heterocycles. The van der Waals surface area contributed by atoms with Gasteiger partial charge < -0.3 is 5.32 Å². The van der Waals surface area contributed by atoms with Gasteiger partial charge in [0, 0.05) is 25.1 Å². The van der Waals surface area contributed by atoms with Gasteiger partial charge in [-0.15, -0.1) is 0 Å². The van der Waals surface area contributed by atoms with Crippen LogP contribution in [0.3, 0.4) is 0 Å². The number of Topliss-reactive ketones (excluding diaryl/α,β-unsaturated/α-hetero) is 1. The van der Waals surface area contributed by atoms with Crippen molar-refractivity contribution in [1.82, 2.24) is 0 Å². The van der Waals surface area contributed by atoms with Crippen molar-refractivity contribution in [1.29, 1.82) is 0 Å². The molecule has 0 amide bonds. The second-order valence-corrected chi connectivity index (χ2v) is 5.64. The lowest BCUT2D eigenvalue weighted by atomic mass is 9.88. The first-order valence-electron chi connectivity index (χ1n) is 6.89. The number of anilines is 1. The summed E-state index contributed by atoms with van der Waals surface area (Å²) in [6.07, 6.45) is 3.65. The predicted octanol–water partition coefficient (Wildman–Crippen LogP) is 3.78. The van der Waals surface area contributed by atoms with E-state index in [1.165, 1.54) is 22.4 Å². The van der Waals surface area contributed by atoms with Crippen LogP contribution in [0.5, 0.6) is 0 Å².